The van der Waals surface area contributed by atoms with Gasteiger partial charge in [0.15, 0.2) is 6.29 Å². The number of carbonyl (C=O) groups is 1. The number of hydrogen-bond acceptors (Lipinski definition) is 9. The van der Waals surface area contributed by atoms with E-state index in [-0.39, 0.29) is 6.42 Å². The maximum absolute atomic E-state index is 11.4. The molecule has 0 amide bonds. The highest BCUT2D eigenvalue weighted by molar-refractivity contribution is 5.78. The smallest absolute Gasteiger partial charge is 0.341 e. The van der Waals surface area contributed by atoms with Gasteiger partial charge in [0, 0.05) is 6.42 Å². The lowest BCUT2D eigenvalue weighted by atomic mass is 9.81. The Bertz CT molecular complexity index is 448. The fourth-order valence-electron chi connectivity index (χ4n) is 3.46. The summed E-state index contributed by atoms with van der Waals surface area (Å²) in [5.41, 5.74) is -2.28. The molecular weight excluding hydrogens is 324 g/mol. The Morgan fingerprint density at radius 2 is 1.62 bits per heavy atom. The average Bonchev–Trinajstić information content (AvgIpc) is 2.80. The Hall–Kier alpha value is -0.850. The highest BCUT2D eigenvalue weighted by Gasteiger charge is 2.57. The SMILES string of the molecule is CNC1C(O)C(NC)C(O)C(OC2OC(C)CC2(O)C(=O)O)C1O. The molecule has 1 saturated heterocycles. The molecule has 0 bridgehead atoms. The van der Waals surface area contributed by atoms with Gasteiger partial charge in [-0.25, -0.2) is 4.79 Å². The van der Waals surface area contributed by atoms with Crippen molar-refractivity contribution in [2.45, 2.75) is 67.8 Å². The third-order valence-electron chi connectivity index (χ3n) is 4.81. The van der Waals surface area contributed by atoms with E-state index in [2.05, 4.69) is 10.6 Å². The van der Waals surface area contributed by atoms with Crippen molar-refractivity contribution in [2.24, 2.45) is 0 Å². The van der Waals surface area contributed by atoms with E-state index < -0.39 is 60.5 Å². The molecule has 1 aliphatic carbocycles. The largest absolute Gasteiger partial charge is 0.479 e. The van der Waals surface area contributed by atoms with Crippen LogP contribution in [-0.2, 0) is 14.3 Å². The minimum atomic E-state index is -2.28. The highest BCUT2D eigenvalue weighted by atomic mass is 16.7. The van der Waals surface area contributed by atoms with Crippen LogP contribution in [0.5, 0.6) is 0 Å². The Morgan fingerprint density at radius 1 is 1.12 bits per heavy atom. The number of carboxylic acids is 1. The van der Waals surface area contributed by atoms with Crippen molar-refractivity contribution in [3.05, 3.63) is 0 Å². The first-order valence-electron chi connectivity index (χ1n) is 7.82. The number of aliphatic hydroxyl groups excluding tert-OH is 3. The van der Waals surface area contributed by atoms with Crippen LogP contribution in [-0.4, -0.2) is 100 Å². The first kappa shape index (κ1) is 19.5. The number of aliphatic carboxylic acids is 1. The van der Waals surface area contributed by atoms with E-state index in [0.717, 1.165) is 0 Å². The summed E-state index contributed by atoms with van der Waals surface area (Å²) in [7, 11) is 3.06. The standard InChI is InChI=1S/C14H26N2O8/c1-5-4-14(22,12(20)21)13(23-5)24-11-9(18)6(15-2)8(17)7(16-3)10(11)19/h5-11,13,15-19,22H,4H2,1-3H3,(H,20,21). The Balaban J connectivity index is 2.24. The number of rotatable bonds is 5. The van der Waals surface area contributed by atoms with Crippen LogP contribution >= 0.6 is 0 Å². The number of hydrogen-bond donors (Lipinski definition) is 7. The van der Waals surface area contributed by atoms with Gasteiger partial charge in [-0.2, -0.15) is 0 Å². The van der Waals surface area contributed by atoms with Crippen molar-refractivity contribution in [1.29, 1.82) is 0 Å². The normalized spacial score (nSPS) is 49.3. The molecule has 0 radical (unpaired) electrons. The summed E-state index contributed by atoms with van der Waals surface area (Å²) < 4.78 is 10.8. The summed E-state index contributed by atoms with van der Waals surface area (Å²) in [5, 5.41) is 56.1. The molecule has 7 N–H and O–H groups in total. The molecular formula is C14H26N2O8. The van der Waals surface area contributed by atoms with Crippen molar-refractivity contribution in [3.63, 3.8) is 0 Å². The second kappa shape index (κ2) is 7.18. The van der Waals surface area contributed by atoms with E-state index >= 15 is 0 Å². The van der Waals surface area contributed by atoms with Crippen molar-refractivity contribution in [2.75, 3.05) is 14.1 Å². The van der Waals surface area contributed by atoms with Gasteiger partial charge < -0.3 is 45.6 Å². The lowest BCUT2D eigenvalue weighted by Gasteiger charge is -2.46. The number of nitrogens with one attached hydrogen (secondary N) is 2. The molecule has 10 nitrogen and oxygen atoms in total. The Labute approximate surface area is 139 Å². The van der Waals surface area contributed by atoms with E-state index in [0.29, 0.717) is 0 Å². The Morgan fingerprint density at radius 3 is 2.04 bits per heavy atom. The van der Waals surface area contributed by atoms with Crippen LogP contribution in [0, 0.1) is 0 Å². The molecule has 2 aliphatic rings. The van der Waals surface area contributed by atoms with Crippen molar-refractivity contribution in [3.8, 4) is 0 Å². The number of likely N-dealkylation sites (N-methyl/N-ethyl adjacent to an activating group) is 2. The molecule has 7 atom stereocenters. The summed E-state index contributed by atoms with van der Waals surface area (Å²) in [6.45, 7) is 1.58. The predicted octanol–water partition coefficient (Wildman–Crippen LogP) is -3.41. The number of carboxylic acid groups (broad SMARTS) is 1. The van der Waals surface area contributed by atoms with Crippen LogP contribution in [0.1, 0.15) is 13.3 Å². The molecule has 0 aromatic heterocycles. The van der Waals surface area contributed by atoms with Gasteiger partial charge in [0.25, 0.3) is 0 Å². The molecule has 7 unspecified atom stereocenters. The molecule has 1 aliphatic heterocycles. The summed E-state index contributed by atoms with van der Waals surface area (Å²) in [6, 6.07) is -1.65. The topological polar surface area (TPSA) is 161 Å². The quantitative estimate of drug-likeness (QED) is 0.266. The van der Waals surface area contributed by atoms with Crippen LogP contribution in [0.4, 0.5) is 0 Å². The van der Waals surface area contributed by atoms with E-state index in [4.69, 9.17) is 9.47 Å². The lowest BCUT2D eigenvalue weighted by Crippen LogP contribution is -2.71. The van der Waals surface area contributed by atoms with Crippen molar-refractivity contribution >= 4 is 5.97 Å². The summed E-state index contributed by atoms with van der Waals surface area (Å²) in [5.74, 6) is -1.51. The van der Waals surface area contributed by atoms with Gasteiger partial charge in [-0.05, 0) is 21.0 Å². The molecule has 0 aromatic rings. The van der Waals surface area contributed by atoms with E-state index in [1.807, 2.05) is 0 Å². The first-order chi connectivity index (χ1) is 11.2. The van der Waals surface area contributed by atoms with Crippen molar-refractivity contribution in [1.82, 2.24) is 10.6 Å². The molecule has 0 spiro atoms. The number of aliphatic hydroxyl groups is 4. The molecule has 2 fully saturated rings. The fraction of sp³-hybridized carbons (Fsp3) is 0.929. The van der Waals surface area contributed by atoms with Gasteiger partial charge in [0.2, 0.25) is 5.60 Å². The molecule has 1 saturated carbocycles. The van der Waals surface area contributed by atoms with E-state index in [9.17, 15) is 30.3 Å². The Kier molecular flexibility index (Phi) is 5.83. The number of ether oxygens (including phenoxy) is 2. The predicted molar refractivity (Wildman–Crippen MR) is 80.1 cm³/mol. The molecule has 140 valence electrons. The monoisotopic (exact) mass is 350 g/mol. The van der Waals surface area contributed by atoms with Crippen LogP contribution in [0.15, 0.2) is 0 Å². The van der Waals surface area contributed by atoms with Gasteiger partial charge in [-0.15, -0.1) is 0 Å². The van der Waals surface area contributed by atoms with Gasteiger partial charge in [-0.3, -0.25) is 0 Å². The fourth-order valence-corrected chi connectivity index (χ4v) is 3.46. The van der Waals surface area contributed by atoms with Crippen LogP contribution in [0.3, 0.4) is 0 Å². The second-order valence-electron chi connectivity index (χ2n) is 6.41. The highest BCUT2D eigenvalue weighted by Crippen LogP contribution is 2.35. The van der Waals surface area contributed by atoms with Gasteiger partial charge in [0.1, 0.15) is 18.3 Å². The zero-order valence-electron chi connectivity index (χ0n) is 13.8. The third-order valence-corrected chi connectivity index (χ3v) is 4.81. The second-order valence-corrected chi connectivity index (χ2v) is 6.41. The average molecular weight is 350 g/mol. The lowest BCUT2D eigenvalue weighted by molar-refractivity contribution is -0.268. The van der Waals surface area contributed by atoms with Crippen molar-refractivity contribution < 1.29 is 39.8 Å². The molecule has 10 heteroatoms. The molecule has 0 aromatic carbocycles. The minimum Gasteiger partial charge on any atom is -0.479 e. The zero-order chi connectivity index (χ0) is 18.2. The van der Waals surface area contributed by atoms with Crippen LogP contribution < -0.4 is 10.6 Å². The molecule has 1 heterocycles. The minimum absolute atomic E-state index is 0.181. The maximum Gasteiger partial charge on any atom is 0.341 e. The maximum atomic E-state index is 11.4. The van der Waals surface area contributed by atoms with Gasteiger partial charge in [0.05, 0.1) is 24.3 Å². The molecule has 2 rings (SSSR count). The third kappa shape index (κ3) is 3.16. The summed E-state index contributed by atoms with van der Waals surface area (Å²) in [6.07, 6.45) is -7.37. The van der Waals surface area contributed by atoms with Gasteiger partial charge >= 0.3 is 5.97 Å². The summed E-state index contributed by atoms with van der Waals surface area (Å²) in [4.78, 5) is 11.4. The van der Waals surface area contributed by atoms with E-state index in [1.54, 1.807) is 6.92 Å². The zero-order valence-corrected chi connectivity index (χ0v) is 13.8. The van der Waals surface area contributed by atoms with E-state index in [1.165, 1.54) is 14.1 Å². The first-order valence-corrected chi connectivity index (χ1v) is 7.82. The van der Waals surface area contributed by atoms with Gasteiger partial charge in [-0.1, -0.05) is 0 Å². The van der Waals surface area contributed by atoms with Crippen LogP contribution in [0.2, 0.25) is 0 Å². The summed E-state index contributed by atoms with van der Waals surface area (Å²) >= 11 is 0. The molecule has 24 heavy (non-hydrogen) atoms. The van der Waals surface area contributed by atoms with Crippen LogP contribution in [0.25, 0.3) is 0 Å².